The Bertz CT molecular complexity index is 1090. The van der Waals surface area contributed by atoms with Gasteiger partial charge in [-0.2, -0.15) is 0 Å². The van der Waals surface area contributed by atoms with Crippen LogP contribution in [0.2, 0.25) is 0 Å². The van der Waals surface area contributed by atoms with Crippen molar-refractivity contribution in [1.82, 2.24) is 5.32 Å². The van der Waals surface area contributed by atoms with Crippen LogP contribution in [-0.2, 0) is 4.79 Å². The number of carbonyl (C=O) groups excluding carboxylic acids is 1. The van der Waals surface area contributed by atoms with Crippen LogP contribution in [-0.4, -0.2) is 57.3 Å². The molecule has 1 amide bonds. The van der Waals surface area contributed by atoms with Crippen LogP contribution in [0.5, 0.6) is 0 Å². The molecule has 6 heteroatoms. The Morgan fingerprint density at radius 1 is 0.348 bits per heavy atom. The summed E-state index contributed by atoms with van der Waals surface area (Å²) >= 11 is 0. The smallest absolute Gasteiger partial charge is 0.249 e. The quantitative estimate of drug-likeness (QED) is 0.0308. The number of hydrogen-bond acceptors (Lipinski definition) is 5. The van der Waals surface area contributed by atoms with Gasteiger partial charge >= 0.3 is 0 Å². The summed E-state index contributed by atoms with van der Waals surface area (Å²) in [5.41, 5.74) is 0. The van der Waals surface area contributed by atoms with E-state index in [1.54, 1.807) is 0 Å². The van der Waals surface area contributed by atoms with Crippen molar-refractivity contribution < 1.29 is 25.2 Å². The predicted molar refractivity (Wildman–Crippen MR) is 302 cm³/mol. The number of amides is 1. The molecule has 0 saturated heterocycles. The molecule has 0 aromatic heterocycles. The Labute approximate surface area is 430 Å². The van der Waals surface area contributed by atoms with E-state index in [-0.39, 0.29) is 0 Å². The van der Waals surface area contributed by atoms with E-state index in [0.29, 0.717) is 19.3 Å². The van der Waals surface area contributed by atoms with Crippen molar-refractivity contribution in [2.24, 2.45) is 0 Å². The standard InChI is InChI=1S/C63H121NO5/c1-3-5-7-9-11-13-15-17-19-21-23-25-27-28-29-30-31-32-33-34-35-37-38-40-42-44-46-48-50-52-54-56-60(66)62(68)59(58-65)64-63(69)61(67)57-55-53-51-49-47-45-43-41-39-36-26-24-22-20-18-16-14-12-10-8-6-4-2/h34-35,40,42,48,50,59-62,65-68H,3-33,36-39,41,43-47,49,51-58H2,1-2H3,(H,64,69)/b35-34+,42-40+,50-48+. The van der Waals surface area contributed by atoms with Crippen molar-refractivity contribution in [3.8, 4) is 0 Å². The summed E-state index contributed by atoms with van der Waals surface area (Å²) in [5.74, 6) is -0.594. The number of aliphatic hydroxyl groups excluding tert-OH is 4. The van der Waals surface area contributed by atoms with E-state index in [0.717, 1.165) is 51.4 Å². The van der Waals surface area contributed by atoms with Gasteiger partial charge in [-0.25, -0.2) is 0 Å². The van der Waals surface area contributed by atoms with Gasteiger partial charge in [-0.1, -0.05) is 301 Å². The van der Waals surface area contributed by atoms with Crippen LogP contribution in [0.15, 0.2) is 36.5 Å². The zero-order valence-corrected chi connectivity index (χ0v) is 46.3. The Morgan fingerprint density at radius 3 is 0.913 bits per heavy atom. The van der Waals surface area contributed by atoms with Crippen molar-refractivity contribution in [3.05, 3.63) is 36.5 Å². The number of hydrogen-bond donors (Lipinski definition) is 5. The highest BCUT2D eigenvalue weighted by molar-refractivity contribution is 5.80. The van der Waals surface area contributed by atoms with E-state index in [2.05, 4.69) is 55.6 Å². The van der Waals surface area contributed by atoms with Gasteiger partial charge in [-0.05, 0) is 64.2 Å². The van der Waals surface area contributed by atoms with Crippen LogP contribution in [0, 0.1) is 0 Å². The first-order chi connectivity index (χ1) is 34.0. The molecule has 0 fully saturated rings. The number of aliphatic hydroxyl groups is 4. The van der Waals surface area contributed by atoms with Crippen molar-refractivity contribution in [3.63, 3.8) is 0 Å². The summed E-state index contributed by atoms with van der Waals surface area (Å²) in [6.45, 7) is 4.08. The molecule has 0 aromatic carbocycles. The lowest BCUT2D eigenvalue weighted by molar-refractivity contribution is -0.132. The van der Waals surface area contributed by atoms with Crippen LogP contribution in [0.4, 0.5) is 0 Å². The normalized spacial score (nSPS) is 13.9. The molecule has 0 aliphatic heterocycles. The third-order valence-electron chi connectivity index (χ3n) is 14.6. The number of nitrogens with one attached hydrogen (secondary N) is 1. The Morgan fingerprint density at radius 2 is 0.609 bits per heavy atom. The summed E-state index contributed by atoms with van der Waals surface area (Å²) < 4.78 is 0. The molecule has 0 rings (SSSR count). The zero-order chi connectivity index (χ0) is 50.2. The maximum atomic E-state index is 12.6. The van der Waals surface area contributed by atoms with Crippen molar-refractivity contribution >= 4 is 5.91 Å². The lowest BCUT2D eigenvalue weighted by Crippen LogP contribution is -2.53. The lowest BCUT2D eigenvalue weighted by atomic mass is 10.00. The molecule has 6 nitrogen and oxygen atoms in total. The Hall–Kier alpha value is -1.47. The van der Waals surface area contributed by atoms with E-state index in [1.165, 1.54) is 244 Å². The van der Waals surface area contributed by atoms with Gasteiger partial charge < -0.3 is 25.7 Å². The molecule has 0 aliphatic carbocycles. The summed E-state index contributed by atoms with van der Waals surface area (Å²) in [6.07, 6.45) is 72.4. The second-order valence-corrected chi connectivity index (χ2v) is 21.4. The van der Waals surface area contributed by atoms with Gasteiger partial charge in [-0.15, -0.1) is 0 Å². The highest BCUT2D eigenvalue weighted by atomic mass is 16.3. The van der Waals surface area contributed by atoms with Crippen LogP contribution in [0.3, 0.4) is 0 Å². The van der Waals surface area contributed by atoms with Gasteiger partial charge in [0.25, 0.3) is 0 Å². The first kappa shape index (κ1) is 67.5. The van der Waals surface area contributed by atoms with E-state index < -0.39 is 36.9 Å². The topological polar surface area (TPSA) is 110 Å². The van der Waals surface area contributed by atoms with Crippen LogP contribution < -0.4 is 5.32 Å². The highest BCUT2D eigenvalue weighted by Crippen LogP contribution is 2.18. The molecular weight excluding hydrogens is 851 g/mol. The number of unbranched alkanes of at least 4 members (excludes halogenated alkanes) is 42. The van der Waals surface area contributed by atoms with E-state index >= 15 is 0 Å². The fraction of sp³-hybridized carbons (Fsp3) is 0.889. The molecule has 0 bridgehead atoms. The van der Waals surface area contributed by atoms with Gasteiger partial charge in [0.05, 0.1) is 18.8 Å². The maximum Gasteiger partial charge on any atom is 0.249 e. The fourth-order valence-electron chi connectivity index (χ4n) is 9.74. The average Bonchev–Trinajstić information content (AvgIpc) is 3.35. The van der Waals surface area contributed by atoms with Crippen molar-refractivity contribution in [2.75, 3.05) is 6.61 Å². The molecule has 0 aliphatic rings. The van der Waals surface area contributed by atoms with Crippen molar-refractivity contribution in [1.29, 1.82) is 0 Å². The second-order valence-electron chi connectivity index (χ2n) is 21.4. The summed E-state index contributed by atoms with van der Waals surface area (Å²) in [6, 6.07) is -1.01. The van der Waals surface area contributed by atoms with Crippen LogP contribution in [0.25, 0.3) is 0 Å². The van der Waals surface area contributed by atoms with E-state index in [4.69, 9.17) is 0 Å². The highest BCUT2D eigenvalue weighted by Gasteiger charge is 2.28. The number of allylic oxidation sites excluding steroid dienone is 6. The molecular formula is C63H121NO5. The molecule has 4 atom stereocenters. The molecule has 408 valence electrons. The van der Waals surface area contributed by atoms with Gasteiger partial charge in [0.1, 0.15) is 12.2 Å². The third kappa shape index (κ3) is 51.2. The third-order valence-corrected chi connectivity index (χ3v) is 14.6. The molecule has 0 spiro atoms. The Balaban J connectivity index is 3.66. The molecule has 0 saturated carbocycles. The van der Waals surface area contributed by atoms with E-state index in [1.807, 2.05) is 0 Å². The minimum atomic E-state index is -1.29. The van der Waals surface area contributed by atoms with E-state index in [9.17, 15) is 25.2 Å². The number of rotatable bonds is 57. The summed E-state index contributed by atoms with van der Waals surface area (Å²) in [4.78, 5) is 12.6. The molecule has 0 heterocycles. The maximum absolute atomic E-state index is 12.6. The minimum Gasteiger partial charge on any atom is -0.394 e. The largest absolute Gasteiger partial charge is 0.394 e. The van der Waals surface area contributed by atoms with Gasteiger partial charge in [-0.3, -0.25) is 4.79 Å². The van der Waals surface area contributed by atoms with Gasteiger partial charge in [0, 0.05) is 0 Å². The number of carbonyl (C=O) groups is 1. The SMILES string of the molecule is CCCCCCCCCCCCCCCCCCCC/C=C/CC/C=C/CC/C=C/CCCC(O)C(O)C(CO)NC(=O)C(O)CCCCCCCCCCCCCCCCCCCCCCCC. The fourth-order valence-corrected chi connectivity index (χ4v) is 9.74. The first-order valence-electron chi connectivity index (χ1n) is 30.9. The van der Waals surface area contributed by atoms with Crippen LogP contribution in [0.1, 0.15) is 328 Å². The second kappa shape index (κ2) is 57.4. The van der Waals surface area contributed by atoms with Gasteiger partial charge in [0.2, 0.25) is 5.91 Å². The Kier molecular flexibility index (Phi) is 56.2. The molecule has 5 N–H and O–H groups in total. The monoisotopic (exact) mass is 972 g/mol. The van der Waals surface area contributed by atoms with Gasteiger partial charge in [0.15, 0.2) is 0 Å². The first-order valence-corrected chi connectivity index (χ1v) is 30.9. The summed E-state index contributed by atoms with van der Waals surface area (Å²) in [7, 11) is 0. The van der Waals surface area contributed by atoms with Crippen molar-refractivity contribution in [2.45, 2.75) is 353 Å². The summed E-state index contributed by atoms with van der Waals surface area (Å²) in [5, 5.41) is 44.0. The molecule has 4 unspecified atom stereocenters. The predicted octanol–water partition coefficient (Wildman–Crippen LogP) is 18.4. The minimum absolute atomic E-state index is 0.362. The lowest BCUT2D eigenvalue weighted by Gasteiger charge is -2.27. The average molecular weight is 973 g/mol. The van der Waals surface area contributed by atoms with Crippen LogP contribution >= 0.6 is 0 Å². The molecule has 0 radical (unpaired) electrons. The molecule has 0 aromatic rings. The molecule has 69 heavy (non-hydrogen) atoms. The zero-order valence-electron chi connectivity index (χ0n) is 46.3.